The first-order chi connectivity index (χ1) is 7.33. The second-order valence-corrected chi connectivity index (χ2v) is 3.69. The lowest BCUT2D eigenvalue weighted by molar-refractivity contribution is 0.128. The van der Waals surface area contributed by atoms with E-state index < -0.39 is 0 Å². The molecule has 0 aliphatic rings. The fourth-order valence-electron chi connectivity index (χ4n) is 1.49. The van der Waals surface area contributed by atoms with E-state index in [-0.39, 0.29) is 6.10 Å². The summed E-state index contributed by atoms with van der Waals surface area (Å²) in [5.41, 5.74) is 1.18. The predicted octanol–water partition coefficient (Wildman–Crippen LogP) is 1.80. The summed E-state index contributed by atoms with van der Waals surface area (Å²) >= 11 is 0. The van der Waals surface area contributed by atoms with Crippen molar-refractivity contribution in [3.8, 4) is 0 Å². The standard InChI is InChI=1S/C12H19NO2/c1-15-9-3-5-12(14)7-6-11-4-2-8-13-10-11/h2,4,8,10,12,14H,3,5-7,9H2,1H3. The average Bonchev–Trinajstić information content (AvgIpc) is 2.28. The van der Waals surface area contributed by atoms with Gasteiger partial charge in [-0.15, -0.1) is 0 Å². The van der Waals surface area contributed by atoms with Crippen LogP contribution in [0.4, 0.5) is 0 Å². The van der Waals surface area contributed by atoms with Crippen LogP contribution in [0.3, 0.4) is 0 Å². The van der Waals surface area contributed by atoms with Gasteiger partial charge in [0.1, 0.15) is 0 Å². The van der Waals surface area contributed by atoms with Gasteiger partial charge >= 0.3 is 0 Å². The van der Waals surface area contributed by atoms with Crippen LogP contribution in [0.25, 0.3) is 0 Å². The van der Waals surface area contributed by atoms with Crippen molar-refractivity contribution < 1.29 is 9.84 Å². The Bertz CT molecular complexity index is 251. The van der Waals surface area contributed by atoms with Crippen LogP contribution in [0.5, 0.6) is 0 Å². The van der Waals surface area contributed by atoms with E-state index in [0.29, 0.717) is 0 Å². The third-order valence-corrected chi connectivity index (χ3v) is 2.37. The molecule has 3 heteroatoms. The Labute approximate surface area is 91.1 Å². The van der Waals surface area contributed by atoms with E-state index in [9.17, 15) is 5.11 Å². The molecule has 0 aliphatic carbocycles. The third kappa shape index (κ3) is 5.50. The van der Waals surface area contributed by atoms with Gasteiger partial charge in [-0.25, -0.2) is 0 Å². The summed E-state index contributed by atoms with van der Waals surface area (Å²) in [6, 6.07) is 3.96. The molecule has 0 bridgehead atoms. The molecule has 1 aromatic rings. The van der Waals surface area contributed by atoms with Gasteiger partial charge in [0.25, 0.3) is 0 Å². The van der Waals surface area contributed by atoms with Crippen LogP contribution in [0, 0.1) is 0 Å². The molecule has 0 saturated heterocycles. The molecule has 0 amide bonds. The molecule has 84 valence electrons. The maximum atomic E-state index is 9.66. The largest absolute Gasteiger partial charge is 0.393 e. The highest BCUT2D eigenvalue weighted by atomic mass is 16.5. The monoisotopic (exact) mass is 209 g/mol. The van der Waals surface area contributed by atoms with Gasteiger partial charge < -0.3 is 9.84 Å². The molecule has 15 heavy (non-hydrogen) atoms. The molecule has 0 fully saturated rings. The van der Waals surface area contributed by atoms with Crippen LogP contribution >= 0.6 is 0 Å². The number of aryl methyl sites for hydroxylation is 1. The van der Waals surface area contributed by atoms with Crippen molar-refractivity contribution in [1.82, 2.24) is 4.98 Å². The summed E-state index contributed by atoms with van der Waals surface area (Å²) in [4.78, 5) is 4.04. The zero-order chi connectivity index (χ0) is 10.9. The van der Waals surface area contributed by atoms with Crippen LogP contribution in [0.15, 0.2) is 24.5 Å². The Morgan fingerprint density at radius 3 is 3.00 bits per heavy atom. The Hall–Kier alpha value is -0.930. The number of pyridine rings is 1. The van der Waals surface area contributed by atoms with E-state index >= 15 is 0 Å². The van der Waals surface area contributed by atoms with Gasteiger partial charge in [-0.2, -0.15) is 0 Å². The second-order valence-electron chi connectivity index (χ2n) is 3.69. The van der Waals surface area contributed by atoms with Crippen LogP contribution < -0.4 is 0 Å². The summed E-state index contributed by atoms with van der Waals surface area (Å²) in [5.74, 6) is 0. The van der Waals surface area contributed by atoms with Crippen molar-refractivity contribution in [2.24, 2.45) is 0 Å². The molecule has 1 N–H and O–H groups in total. The van der Waals surface area contributed by atoms with E-state index in [1.54, 1.807) is 13.3 Å². The average molecular weight is 209 g/mol. The fraction of sp³-hybridized carbons (Fsp3) is 0.583. The smallest absolute Gasteiger partial charge is 0.0544 e. The van der Waals surface area contributed by atoms with Gasteiger partial charge in [0.2, 0.25) is 0 Å². The number of rotatable bonds is 7. The SMILES string of the molecule is COCCCC(O)CCc1cccnc1. The van der Waals surface area contributed by atoms with Crippen molar-refractivity contribution in [2.75, 3.05) is 13.7 Å². The normalized spacial score (nSPS) is 12.7. The highest BCUT2D eigenvalue weighted by Gasteiger charge is 2.04. The molecule has 1 unspecified atom stereocenters. The van der Waals surface area contributed by atoms with E-state index in [1.165, 1.54) is 5.56 Å². The van der Waals surface area contributed by atoms with Crippen LogP contribution in [-0.2, 0) is 11.2 Å². The molecule has 0 aliphatic heterocycles. The molecule has 0 radical (unpaired) electrons. The highest BCUT2D eigenvalue weighted by molar-refractivity contribution is 5.08. The minimum Gasteiger partial charge on any atom is -0.393 e. The molecule has 0 aromatic carbocycles. The maximum absolute atomic E-state index is 9.66. The number of hydrogen-bond donors (Lipinski definition) is 1. The topological polar surface area (TPSA) is 42.4 Å². The number of aliphatic hydroxyl groups excluding tert-OH is 1. The molecule has 3 nitrogen and oxygen atoms in total. The first kappa shape index (κ1) is 12.1. The van der Waals surface area contributed by atoms with Gasteiger partial charge in [0.15, 0.2) is 0 Å². The number of hydrogen-bond acceptors (Lipinski definition) is 3. The van der Waals surface area contributed by atoms with Gasteiger partial charge in [0.05, 0.1) is 6.10 Å². The number of nitrogens with zero attached hydrogens (tertiary/aromatic N) is 1. The summed E-state index contributed by atoms with van der Waals surface area (Å²) in [7, 11) is 1.68. The number of aromatic nitrogens is 1. The number of ether oxygens (including phenoxy) is 1. The van der Waals surface area contributed by atoms with Crippen molar-refractivity contribution in [3.05, 3.63) is 30.1 Å². The van der Waals surface area contributed by atoms with Crippen LogP contribution in [0.2, 0.25) is 0 Å². The molecule has 1 rings (SSSR count). The van der Waals surface area contributed by atoms with Gasteiger partial charge in [-0.1, -0.05) is 6.07 Å². The van der Waals surface area contributed by atoms with E-state index in [1.807, 2.05) is 18.3 Å². The van der Waals surface area contributed by atoms with Gasteiger partial charge in [-0.3, -0.25) is 4.98 Å². The lowest BCUT2D eigenvalue weighted by Crippen LogP contribution is -2.09. The minimum atomic E-state index is -0.222. The summed E-state index contributed by atoms with van der Waals surface area (Å²) < 4.78 is 4.93. The highest BCUT2D eigenvalue weighted by Crippen LogP contribution is 2.07. The number of methoxy groups -OCH3 is 1. The lowest BCUT2D eigenvalue weighted by atomic mass is 10.1. The van der Waals surface area contributed by atoms with Gasteiger partial charge in [-0.05, 0) is 37.3 Å². The van der Waals surface area contributed by atoms with Gasteiger partial charge in [0, 0.05) is 26.1 Å². The predicted molar refractivity (Wildman–Crippen MR) is 59.7 cm³/mol. The van der Waals surface area contributed by atoms with E-state index in [4.69, 9.17) is 4.74 Å². The molecule has 1 atom stereocenters. The Balaban J connectivity index is 2.14. The molecule has 0 spiro atoms. The zero-order valence-electron chi connectivity index (χ0n) is 9.22. The third-order valence-electron chi connectivity index (χ3n) is 2.37. The Morgan fingerprint density at radius 1 is 1.47 bits per heavy atom. The van der Waals surface area contributed by atoms with Crippen LogP contribution in [0.1, 0.15) is 24.8 Å². The quantitative estimate of drug-likeness (QED) is 0.696. The molecule has 1 heterocycles. The lowest BCUT2D eigenvalue weighted by Gasteiger charge is -2.09. The first-order valence-electron chi connectivity index (χ1n) is 5.39. The zero-order valence-corrected chi connectivity index (χ0v) is 9.22. The van der Waals surface area contributed by atoms with Crippen molar-refractivity contribution in [1.29, 1.82) is 0 Å². The Morgan fingerprint density at radius 2 is 2.33 bits per heavy atom. The summed E-state index contributed by atoms with van der Waals surface area (Å²) in [6.45, 7) is 0.726. The second kappa shape index (κ2) is 7.37. The molecule has 0 saturated carbocycles. The van der Waals surface area contributed by atoms with Crippen molar-refractivity contribution >= 4 is 0 Å². The molecular formula is C12H19NO2. The summed E-state index contributed by atoms with van der Waals surface area (Å²) in [6.07, 6.45) is 6.82. The van der Waals surface area contributed by atoms with Crippen molar-refractivity contribution in [3.63, 3.8) is 0 Å². The molecular weight excluding hydrogens is 190 g/mol. The van der Waals surface area contributed by atoms with E-state index in [2.05, 4.69) is 4.98 Å². The van der Waals surface area contributed by atoms with E-state index in [0.717, 1.165) is 32.3 Å². The molecule has 1 aromatic heterocycles. The maximum Gasteiger partial charge on any atom is 0.0544 e. The van der Waals surface area contributed by atoms with Crippen molar-refractivity contribution in [2.45, 2.75) is 31.8 Å². The first-order valence-corrected chi connectivity index (χ1v) is 5.39. The summed E-state index contributed by atoms with van der Waals surface area (Å²) in [5, 5.41) is 9.66. The number of aliphatic hydroxyl groups is 1. The fourth-order valence-corrected chi connectivity index (χ4v) is 1.49. The minimum absolute atomic E-state index is 0.222. The van der Waals surface area contributed by atoms with Crippen LogP contribution in [-0.4, -0.2) is 29.9 Å². The Kier molecular flexibility index (Phi) is 5.97.